The zero-order chi connectivity index (χ0) is 21.1. The van der Waals surface area contributed by atoms with Gasteiger partial charge in [-0.3, -0.25) is 4.79 Å². The summed E-state index contributed by atoms with van der Waals surface area (Å²) >= 11 is 0. The molecule has 3 aromatic rings. The van der Waals surface area contributed by atoms with Crippen molar-refractivity contribution in [3.05, 3.63) is 53.8 Å². The van der Waals surface area contributed by atoms with E-state index in [1.807, 2.05) is 61.9 Å². The Balaban J connectivity index is 1.47. The summed E-state index contributed by atoms with van der Waals surface area (Å²) in [5, 5.41) is 11.9. The number of amides is 1. The van der Waals surface area contributed by atoms with Crippen molar-refractivity contribution in [3.63, 3.8) is 0 Å². The molecule has 0 unspecified atom stereocenters. The molecule has 158 valence electrons. The van der Waals surface area contributed by atoms with E-state index >= 15 is 0 Å². The molecule has 1 aliphatic carbocycles. The Hall–Kier alpha value is -2.96. The van der Waals surface area contributed by atoms with E-state index in [1.54, 1.807) is 0 Å². The van der Waals surface area contributed by atoms with Crippen LogP contribution in [0.4, 0.5) is 5.82 Å². The lowest BCUT2D eigenvalue weighted by molar-refractivity contribution is -0.116. The highest BCUT2D eigenvalue weighted by molar-refractivity contribution is 5.90. The molecule has 0 atom stereocenters. The predicted octanol–water partition coefficient (Wildman–Crippen LogP) is 4.78. The third-order valence-corrected chi connectivity index (χ3v) is 5.47. The highest BCUT2D eigenvalue weighted by atomic mass is 16.5. The molecule has 0 bridgehead atoms. The van der Waals surface area contributed by atoms with Gasteiger partial charge in [0.15, 0.2) is 5.82 Å². The fraction of sp³-hybridized carbons (Fsp3) is 0.478. The molecule has 0 spiro atoms. The van der Waals surface area contributed by atoms with Gasteiger partial charge in [0.05, 0.1) is 11.4 Å². The Bertz CT molecular complexity index is 994. The number of nitrogens with one attached hydrogen (secondary N) is 1. The van der Waals surface area contributed by atoms with Crippen LogP contribution >= 0.6 is 0 Å². The summed E-state index contributed by atoms with van der Waals surface area (Å²) in [7, 11) is 0. The number of nitrogens with zero attached hydrogens (tertiary/aromatic N) is 4. The summed E-state index contributed by atoms with van der Waals surface area (Å²) in [6.07, 6.45) is 5.48. The van der Waals surface area contributed by atoms with Gasteiger partial charge in [-0.15, -0.1) is 0 Å². The van der Waals surface area contributed by atoms with Crippen LogP contribution in [-0.2, 0) is 16.6 Å². The molecule has 7 heteroatoms. The first kappa shape index (κ1) is 20.3. The molecule has 0 aliphatic heterocycles. The average Bonchev–Trinajstić information content (AvgIpc) is 3.46. The Morgan fingerprint density at radius 1 is 1.20 bits per heavy atom. The van der Waals surface area contributed by atoms with Crippen molar-refractivity contribution in [1.82, 2.24) is 19.9 Å². The van der Waals surface area contributed by atoms with Gasteiger partial charge >= 0.3 is 0 Å². The molecule has 2 heterocycles. The summed E-state index contributed by atoms with van der Waals surface area (Å²) in [6, 6.07) is 11.9. The summed E-state index contributed by atoms with van der Waals surface area (Å²) < 4.78 is 7.13. The molecule has 1 amide bonds. The van der Waals surface area contributed by atoms with Crippen molar-refractivity contribution in [1.29, 1.82) is 0 Å². The van der Waals surface area contributed by atoms with E-state index in [-0.39, 0.29) is 17.7 Å². The van der Waals surface area contributed by atoms with Crippen LogP contribution in [0.15, 0.2) is 40.9 Å². The van der Waals surface area contributed by atoms with Crippen LogP contribution in [0.5, 0.6) is 0 Å². The van der Waals surface area contributed by atoms with E-state index in [4.69, 9.17) is 9.62 Å². The Morgan fingerprint density at radius 2 is 1.93 bits per heavy atom. The number of benzene rings is 1. The van der Waals surface area contributed by atoms with E-state index in [1.165, 1.54) is 12.8 Å². The average molecular weight is 408 g/mol. The minimum Gasteiger partial charge on any atom is -0.339 e. The number of carbonyl (C=O) groups excluding carboxylic acids is 1. The maximum absolute atomic E-state index is 12.7. The van der Waals surface area contributed by atoms with E-state index in [0.29, 0.717) is 29.9 Å². The standard InChI is InChI=1S/C23H29N5O2/c1-23(2,3)22-25-21(30-27-22)14-13-20(29)24-19-15-18(16-9-7-8-10-16)26-28(19)17-11-5-4-6-12-17/h4-6,11-12,15-16H,7-10,13-14H2,1-3H3,(H,24,29). The second-order valence-corrected chi connectivity index (χ2v) is 8.99. The molecule has 7 nitrogen and oxygen atoms in total. The molecular formula is C23H29N5O2. The lowest BCUT2D eigenvalue weighted by atomic mass is 9.96. The van der Waals surface area contributed by atoms with E-state index in [0.717, 1.165) is 24.2 Å². The third-order valence-electron chi connectivity index (χ3n) is 5.47. The van der Waals surface area contributed by atoms with Gasteiger partial charge in [0.1, 0.15) is 5.82 Å². The largest absolute Gasteiger partial charge is 0.339 e. The third kappa shape index (κ3) is 4.61. The quantitative estimate of drug-likeness (QED) is 0.635. The fourth-order valence-electron chi connectivity index (χ4n) is 3.76. The van der Waals surface area contributed by atoms with Gasteiger partial charge < -0.3 is 9.84 Å². The summed E-state index contributed by atoms with van der Waals surface area (Å²) in [4.78, 5) is 17.1. The van der Waals surface area contributed by atoms with Crippen LogP contribution in [0.1, 0.15) is 76.2 Å². The van der Waals surface area contributed by atoms with Crippen molar-refractivity contribution in [2.45, 2.75) is 70.6 Å². The van der Waals surface area contributed by atoms with E-state index in [9.17, 15) is 4.79 Å². The van der Waals surface area contributed by atoms with Gasteiger partial charge in [-0.1, -0.05) is 57.0 Å². The summed E-state index contributed by atoms with van der Waals surface area (Å²) in [6.45, 7) is 6.09. The molecule has 1 aliphatic rings. The zero-order valence-electron chi connectivity index (χ0n) is 17.9. The molecule has 30 heavy (non-hydrogen) atoms. The van der Waals surface area contributed by atoms with Crippen molar-refractivity contribution < 1.29 is 9.32 Å². The molecule has 1 aromatic carbocycles. The van der Waals surface area contributed by atoms with Crippen LogP contribution < -0.4 is 5.32 Å². The number of hydrogen-bond acceptors (Lipinski definition) is 5. The van der Waals surface area contributed by atoms with Gasteiger partial charge in [0, 0.05) is 30.2 Å². The van der Waals surface area contributed by atoms with Crippen molar-refractivity contribution in [2.75, 3.05) is 5.32 Å². The minimum atomic E-state index is -0.178. The number of rotatable bonds is 6. The van der Waals surface area contributed by atoms with Crippen molar-refractivity contribution in [3.8, 4) is 5.69 Å². The van der Waals surface area contributed by atoms with Crippen molar-refractivity contribution >= 4 is 11.7 Å². The first-order chi connectivity index (χ1) is 14.4. The van der Waals surface area contributed by atoms with Gasteiger partial charge in [-0.05, 0) is 25.0 Å². The normalized spacial score (nSPS) is 14.9. The number of carbonyl (C=O) groups is 1. The van der Waals surface area contributed by atoms with Gasteiger partial charge in [0.2, 0.25) is 11.8 Å². The molecule has 0 saturated heterocycles. The first-order valence-corrected chi connectivity index (χ1v) is 10.7. The van der Waals surface area contributed by atoms with Gasteiger partial charge in [-0.2, -0.15) is 10.1 Å². The van der Waals surface area contributed by atoms with Crippen LogP contribution in [0.2, 0.25) is 0 Å². The van der Waals surface area contributed by atoms with Gasteiger partial charge in [-0.25, -0.2) is 4.68 Å². The molecule has 1 fully saturated rings. The Kier molecular flexibility index (Phi) is 5.70. The molecular weight excluding hydrogens is 378 g/mol. The van der Waals surface area contributed by atoms with Crippen molar-refractivity contribution in [2.24, 2.45) is 0 Å². The second-order valence-electron chi connectivity index (χ2n) is 8.99. The van der Waals surface area contributed by atoms with Crippen LogP contribution in [0, 0.1) is 0 Å². The Morgan fingerprint density at radius 3 is 2.60 bits per heavy atom. The van der Waals surface area contributed by atoms with Crippen LogP contribution in [0.25, 0.3) is 5.69 Å². The highest BCUT2D eigenvalue weighted by Crippen LogP contribution is 2.35. The summed E-state index contributed by atoms with van der Waals surface area (Å²) in [5.74, 6) is 2.22. The fourth-order valence-corrected chi connectivity index (χ4v) is 3.76. The highest BCUT2D eigenvalue weighted by Gasteiger charge is 2.23. The maximum Gasteiger partial charge on any atom is 0.227 e. The lowest BCUT2D eigenvalue weighted by Crippen LogP contribution is -2.16. The monoisotopic (exact) mass is 407 g/mol. The second kappa shape index (κ2) is 8.42. The first-order valence-electron chi connectivity index (χ1n) is 10.7. The maximum atomic E-state index is 12.7. The summed E-state index contributed by atoms with van der Waals surface area (Å²) in [5.41, 5.74) is 1.81. The predicted molar refractivity (Wildman–Crippen MR) is 115 cm³/mol. The number of aryl methyl sites for hydroxylation is 1. The SMILES string of the molecule is CC(C)(C)c1noc(CCC(=O)Nc2cc(C3CCCC3)nn2-c2ccccc2)n1. The Labute approximate surface area is 176 Å². The lowest BCUT2D eigenvalue weighted by Gasteiger charge is -2.10. The molecule has 1 saturated carbocycles. The van der Waals surface area contributed by atoms with Crippen LogP contribution in [-0.4, -0.2) is 25.8 Å². The van der Waals surface area contributed by atoms with E-state index in [2.05, 4.69) is 15.5 Å². The van der Waals surface area contributed by atoms with E-state index < -0.39 is 0 Å². The zero-order valence-corrected chi connectivity index (χ0v) is 17.9. The molecule has 0 radical (unpaired) electrons. The molecule has 1 N–H and O–H groups in total. The number of anilines is 1. The minimum absolute atomic E-state index is 0.0967. The molecule has 2 aromatic heterocycles. The number of hydrogen-bond donors (Lipinski definition) is 1. The van der Waals surface area contributed by atoms with Gasteiger partial charge in [0.25, 0.3) is 0 Å². The van der Waals surface area contributed by atoms with Crippen LogP contribution in [0.3, 0.4) is 0 Å². The topological polar surface area (TPSA) is 85.8 Å². The number of aromatic nitrogens is 4. The molecule has 4 rings (SSSR count). The smallest absolute Gasteiger partial charge is 0.227 e. The number of para-hydroxylation sites is 1.